The van der Waals surface area contributed by atoms with Crippen LogP contribution in [0.3, 0.4) is 0 Å². The van der Waals surface area contributed by atoms with Crippen LogP contribution in [0.5, 0.6) is 17.2 Å². The molecule has 3 aliphatic carbocycles. The zero-order valence-electron chi connectivity index (χ0n) is 61.9. The van der Waals surface area contributed by atoms with E-state index in [1.165, 1.54) is 10.5 Å². The van der Waals surface area contributed by atoms with Crippen molar-refractivity contribution in [2.24, 2.45) is 23.5 Å². The zero-order chi connectivity index (χ0) is 78.4. The number of nitrogens with one attached hydrogen (secondary N) is 3. The number of likely N-dealkylation sites (tertiary alicyclic amines) is 1. The monoisotopic (exact) mass is 1810 g/mol. The van der Waals surface area contributed by atoms with Gasteiger partial charge in [-0.05, 0) is 201 Å². The van der Waals surface area contributed by atoms with Crippen molar-refractivity contribution in [1.82, 2.24) is 25.8 Å². The third-order valence-corrected chi connectivity index (χ3v) is 24.5. The molecular formula is C81H95Br3Cl6N6O13. The van der Waals surface area contributed by atoms with Crippen molar-refractivity contribution in [2.75, 3.05) is 116 Å². The molecule has 5 N–H and O–H groups in total. The van der Waals surface area contributed by atoms with Crippen molar-refractivity contribution < 1.29 is 61.9 Å². The maximum Gasteiger partial charge on any atom is 0.417 e. The number of imide groups is 1. The Morgan fingerprint density at radius 1 is 0.541 bits per heavy atom. The minimum atomic E-state index is -1.17. The summed E-state index contributed by atoms with van der Waals surface area (Å²) in [6.07, 6.45) is 2.59. The number of halogens is 9. The van der Waals surface area contributed by atoms with Gasteiger partial charge < -0.3 is 59.6 Å². The Kier molecular flexibility index (Phi) is 31.1. The van der Waals surface area contributed by atoms with Gasteiger partial charge >= 0.3 is 12.2 Å². The smallest absolute Gasteiger partial charge is 0.417 e. The van der Waals surface area contributed by atoms with E-state index >= 15 is 0 Å². The van der Waals surface area contributed by atoms with Crippen LogP contribution in [0.15, 0.2) is 127 Å². The lowest BCUT2D eigenvalue weighted by atomic mass is 9.59. The van der Waals surface area contributed by atoms with E-state index in [0.717, 1.165) is 83.4 Å². The van der Waals surface area contributed by atoms with E-state index in [9.17, 15) is 24.0 Å². The van der Waals surface area contributed by atoms with Crippen molar-refractivity contribution in [3.05, 3.63) is 191 Å². The number of carbonyl (C=O) groups is 5. The lowest BCUT2D eigenvalue weighted by Crippen LogP contribution is -2.63. The Balaban J connectivity index is 0.000000167. The van der Waals surface area contributed by atoms with Crippen LogP contribution in [0.4, 0.5) is 9.59 Å². The molecule has 13 rings (SSSR count). The average molecular weight is 1810 g/mol. The third-order valence-electron chi connectivity index (χ3n) is 22.0. The van der Waals surface area contributed by atoms with Gasteiger partial charge in [-0.25, -0.2) is 14.5 Å². The maximum absolute atomic E-state index is 13.5. The summed E-state index contributed by atoms with van der Waals surface area (Å²) in [5, 5.41) is 15.5. The summed E-state index contributed by atoms with van der Waals surface area (Å²) >= 11 is 47.1. The van der Waals surface area contributed by atoms with Crippen molar-refractivity contribution in [3.63, 3.8) is 0 Å². The number of amides is 5. The standard InChI is InChI=1S/C26H29BrCl2N2O5.C26H30Cl2N2O4.C25H28Cl2N2O3.C4H8Br2O/c1-34-22-14-18(29)6-7-19(22)20-8-9-26(31-25(33)36-13-12-35-11-10-27)21(15-30-24(26)32)23(20)16-2-4-17(28)5-3-16;1-25(2,3)34-24(32)30-14-20-22(15-5-7-16(27)8-6-15)19(11-12-26(20,29)23(30)31)18-10-9-17(28)13-21(18)33-4;1-31-22-14-18(27)6-7-19(22)20-8-9-25(29-10-12-32-13-11-29)21(15-28-24(25)30)23(20)16-2-4-17(26)5-3-16;5-1-3-7-4-2-6/h2-7,14,20-21,23H,8-13,15H2,1H3,(H,30,32)(H,31,33);5-10,13,19-20,22H,11-12,14,29H2,1-4H3;2-7,14,20-21,23H,8-13,15H2,1H3,(H,28,30);1-4H2/t20-,21-,23-,26-;19-,20-,22-,26-;20-,21-,23-,25-;/m000./s1. The number of methoxy groups -OCH3 is 3. The highest BCUT2D eigenvalue weighted by Gasteiger charge is 2.63. The molecule has 28 heteroatoms. The predicted octanol–water partition coefficient (Wildman–Crippen LogP) is 17.3. The van der Waals surface area contributed by atoms with E-state index in [1.807, 2.05) is 103 Å². The Labute approximate surface area is 694 Å². The number of nitrogens with two attached hydrogens (primary N) is 1. The molecule has 12 atom stereocenters. The fraction of sp³-hybridized carbons (Fsp3) is 0.494. The van der Waals surface area contributed by atoms with Gasteiger partial charge in [0, 0.05) is 96.6 Å². The SMILES string of the molecule is BrCCOCCBr.COc1cc(Cl)ccc1[C@@H]1CC[C@@]2(N)C(=O)N(C(=O)OC(C)(C)C)C[C@H]2[C@H]1c1ccc(Cl)cc1.COc1cc(Cl)ccc1[C@@H]1CC[C@@]2(N3CCOCC3)C(=O)NC[C@H]2[C@H]1c1ccc(Cl)cc1.COc1cc(Cl)ccc1[C@@H]1CC[C@@]2(NC(=O)OCCOCCBr)C(=O)NC[C@H]2[C@H]1c1ccc(Cl)cc1. The molecule has 0 radical (unpaired) electrons. The number of nitrogens with zero attached hydrogens (tertiary/aromatic N) is 2. The fourth-order valence-corrected chi connectivity index (χ4v) is 18.9. The Hall–Kier alpha value is -5.15. The second-order valence-electron chi connectivity index (χ2n) is 29.0. The minimum Gasteiger partial charge on any atom is -0.496 e. The highest BCUT2D eigenvalue weighted by atomic mass is 79.9. The molecule has 19 nitrogen and oxygen atoms in total. The molecule has 5 amide bonds. The van der Waals surface area contributed by atoms with Gasteiger partial charge in [0.1, 0.15) is 46.1 Å². The quantitative estimate of drug-likeness (QED) is 0.0412. The van der Waals surface area contributed by atoms with Crippen LogP contribution >= 0.6 is 117 Å². The predicted molar refractivity (Wildman–Crippen MR) is 439 cm³/mol. The molecule has 4 heterocycles. The van der Waals surface area contributed by atoms with Gasteiger partial charge in [-0.3, -0.25) is 19.3 Å². The molecule has 0 unspecified atom stereocenters. The Bertz CT molecular complexity index is 4090. The number of alkyl carbamates (subject to hydrolysis) is 1. The van der Waals surface area contributed by atoms with Crippen LogP contribution in [0.1, 0.15) is 128 Å². The van der Waals surface area contributed by atoms with Crippen LogP contribution in [0.25, 0.3) is 0 Å². The van der Waals surface area contributed by atoms with Crippen molar-refractivity contribution in [3.8, 4) is 17.2 Å². The van der Waals surface area contributed by atoms with Gasteiger partial charge in [0.15, 0.2) is 0 Å². The Morgan fingerprint density at radius 3 is 1.39 bits per heavy atom. The molecule has 109 heavy (non-hydrogen) atoms. The number of fused-ring (bicyclic) bond motifs is 3. The van der Waals surface area contributed by atoms with Crippen LogP contribution in [-0.2, 0) is 38.1 Å². The van der Waals surface area contributed by atoms with E-state index in [1.54, 1.807) is 48.2 Å². The van der Waals surface area contributed by atoms with Gasteiger partial charge in [-0.2, -0.15) is 0 Å². The largest absolute Gasteiger partial charge is 0.496 e. The molecule has 0 bridgehead atoms. The first kappa shape index (κ1) is 86.3. The molecule has 4 aliphatic heterocycles. The van der Waals surface area contributed by atoms with Gasteiger partial charge in [0.25, 0.3) is 5.91 Å². The van der Waals surface area contributed by atoms with Crippen molar-refractivity contribution in [1.29, 1.82) is 0 Å². The first-order valence-electron chi connectivity index (χ1n) is 36.6. The third kappa shape index (κ3) is 20.0. The van der Waals surface area contributed by atoms with E-state index < -0.39 is 34.4 Å². The number of morpholine rings is 1. The molecule has 7 fully saturated rings. The summed E-state index contributed by atoms with van der Waals surface area (Å²) in [6.45, 7) is 12.0. The van der Waals surface area contributed by atoms with Crippen LogP contribution < -0.4 is 35.9 Å². The van der Waals surface area contributed by atoms with Crippen LogP contribution in [-0.4, -0.2) is 178 Å². The molecule has 7 aliphatic rings. The second-order valence-corrected chi connectivity index (χ2v) is 34.0. The maximum atomic E-state index is 13.5. The highest BCUT2D eigenvalue weighted by Crippen LogP contribution is 2.59. The van der Waals surface area contributed by atoms with Crippen LogP contribution in [0.2, 0.25) is 30.1 Å². The summed E-state index contributed by atoms with van der Waals surface area (Å²) in [4.78, 5) is 69.4. The van der Waals surface area contributed by atoms with E-state index in [0.29, 0.717) is 106 Å². The lowest BCUT2D eigenvalue weighted by molar-refractivity contribution is -0.139. The number of rotatable bonds is 20. The molecule has 0 aromatic heterocycles. The average Bonchev–Trinajstić information content (AvgIpc) is 1.64. The fourth-order valence-electron chi connectivity index (χ4n) is 17.4. The summed E-state index contributed by atoms with van der Waals surface area (Å²) in [5.74, 6) is 1.49. The molecule has 3 saturated carbocycles. The summed E-state index contributed by atoms with van der Waals surface area (Å²) in [6, 6.07) is 40.6. The topological polar surface area (TPSA) is 228 Å². The molecule has 0 spiro atoms. The van der Waals surface area contributed by atoms with Crippen molar-refractivity contribution in [2.45, 2.75) is 117 Å². The number of benzene rings is 6. The number of alkyl halides is 3. The first-order valence-corrected chi connectivity index (χ1v) is 42.2. The van der Waals surface area contributed by atoms with Crippen LogP contribution in [0, 0.1) is 17.8 Å². The second kappa shape index (κ2) is 39.3. The van der Waals surface area contributed by atoms with E-state index in [2.05, 4.69) is 86.8 Å². The van der Waals surface area contributed by atoms with Gasteiger partial charge in [0.2, 0.25) is 11.8 Å². The van der Waals surface area contributed by atoms with Gasteiger partial charge in [-0.15, -0.1) is 0 Å². The summed E-state index contributed by atoms with van der Waals surface area (Å²) in [5.41, 5.74) is 9.73. The number of hydrogen-bond donors (Lipinski definition) is 4. The van der Waals surface area contributed by atoms with E-state index in [4.69, 9.17) is 113 Å². The number of carbonyl (C=O) groups excluding carboxylic acids is 5. The summed E-state index contributed by atoms with van der Waals surface area (Å²) in [7, 11) is 4.93. The molecule has 590 valence electrons. The molecule has 6 aromatic carbocycles. The number of ether oxygens (including phenoxy) is 8. The normalized spacial score (nSPS) is 26.3. The molecular weight excluding hydrogens is 1720 g/mol. The highest BCUT2D eigenvalue weighted by molar-refractivity contribution is 9.09. The Morgan fingerprint density at radius 2 is 0.945 bits per heavy atom. The zero-order valence-corrected chi connectivity index (χ0v) is 71.1. The van der Waals surface area contributed by atoms with Gasteiger partial charge in [-0.1, -0.05) is 172 Å². The number of hydrogen-bond acceptors (Lipinski definition) is 15. The summed E-state index contributed by atoms with van der Waals surface area (Å²) < 4.78 is 43.9. The lowest BCUT2D eigenvalue weighted by Gasteiger charge is -2.52. The minimum absolute atomic E-state index is 0.00135. The van der Waals surface area contributed by atoms with Gasteiger partial charge in [0.05, 0.1) is 61.0 Å². The first-order chi connectivity index (χ1) is 52.3. The van der Waals surface area contributed by atoms with Crippen molar-refractivity contribution >= 4 is 147 Å². The molecule has 4 saturated heterocycles. The van der Waals surface area contributed by atoms with E-state index in [-0.39, 0.29) is 90.7 Å². The molecule has 6 aromatic rings.